The van der Waals surface area contributed by atoms with Gasteiger partial charge in [0.15, 0.2) is 11.5 Å². The monoisotopic (exact) mass is 398 g/mol. The van der Waals surface area contributed by atoms with E-state index in [1.807, 2.05) is 18.2 Å². The highest BCUT2D eigenvalue weighted by Crippen LogP contribution is 2.26. The molecule has 0 atom stereocenters. The summed E-state index contributed by atoms with van der Waals surface area (Å²) in [7, 11) is 0. The second-order valence-electron chi connectivity index (χ2n) is 6.07. The third-order valence-electron chi connectivity index (χ3n) is 4.24. The summed E-state index contributed by atoms with van der Waals surface area (Å²) in [5, 5.41) is 11.4. The van der Waals surface area contributed by atoms with Crippen LogP contribution in [0.3, 0.4) is 0 Å². The lowest BCUT2D eigenvalue weighted by atomic mass is 10.2. The molecule has 1 amide bonds. The predicted molar refractivity (Wildman–Crippen MR) is 101 cm³/mol. The van der Waals surface area contributed by atoms with Crippen molar-refractivity contribution in [2.75, 3.05) is 0 Å². The molecule has 0 aliphatic heterocycles. The molecular weight excluding hydrogens is 386 g/mol. The summed E-state index contributed by atoms with van der Waals surface area (Å²) >= 11 is 6.22. The van der Waals surface area contributed by atoms with E-state index >= 15 is 0 Å². The van der Waals surface area contributed by atoms with Gasteiger partial charge in [-0.05, 0) is 30.3 Å². The molecule has 28 heavy (non-hydrogen) atoms. The Morgan fingerprint density at radius 2 is 1.89 bits per heavy atom. The lowest BCUT2D eigenvalue weighted by molar-refractivity contribution is 0.0950. The number of nitrogens with zero attached hydrogens (tertiary/aromatic N) is 3. The molecule has 0 bridgehead atoms. The topological polar surface area (TPSA) is 59.3 Å². The van der Waals surface area contributed by atoms with E-state index in [4.69, 9.17) is 11.6 Å². The summed E-state index contributed by atoms with van der Waals surface area (Å²) in [6.07, 6.45) is 1.67. The number of amides is 1. The average Bonchev–Trinajstić information content (AvgIpc) is 3.10. The number of carbonyl (C=O) groups is 1. The summed E-state index contributed by atoms with van der Waals surface area (Å²) in [4.78, 5) is 12.4. The molecule has 1 N–H and O–H groups in total. The maximum Gasteiger partial charge on any atom is 0.251 e. The van der Waals surface area contributed by atoms with Gasteiger partial charge in [-0.15, -0.1) is 10.2 Å². The van der Waals surface area contributed by atoms with Crippen molar-refractivity contribution in [2.24, 2.45) is 0 Å². The molecule has 0 fully saturated rings. The van der Waals surface area contributed by atoms with E-state index in [-0.39, 0.29) is 12.1 Å². The largest absolute Gasteiger partial charge is 0.348 e. The van der Waals surface area contributed by atoms with Gasteiger partial charge in [-0.1, -0.05) is 29.8 Å². The highest BCUT2D eigenvalue weighted by Gasteiger charge is 2.14. The van der Waals surface area contributed by atoms with Gasteiger partial charge in [0.05, 0.1) is 5.02 Å². The van der Waals surface area contributed by atoms with Crippen molar-refractivity contribution < 1.29 is 13.6 Å². The summed E-state index contributed by atoms with van der Waals surface area (Å²) in [6, 6.07) is 13.6. The molecule has 0 unspecified atom stereocenters. The number of rotatable bonds is 4. The van der Waals surface area contributed by atoms with Crippen LogP contribution in [0.2, 0.25) is 5.02 Å². The highest BCUT2D eigenvalue weighted by atomic mass is 35.5. The Morgan fingerprint density at radius 1 is 1.07 bits per heavy atom. The minimum absolute atomic E-state index is 0.0618. The van der Waals surface area contributed by atoms with E-state index in [2.05, 4.69) is 15.5 Å². The molecule has 0 spiro atoms. The van der Waals surface area contributed by atoms with Crippen LogP contribution >= 0.6 is 11.6 Å². The van der Waals surface area contributed by atoms with Crippen molar-refractivity contribution in [1.82, 2.24) is 19.9 Å². The van der Waals surface area contributed by atoms with Crippen LogP contribution in [0.5, 0.6) is 0 Å². The SMILES string of the molecule is O=C(NCc1ccc(F)cc1F)c1ccn2c(-c3ccccc3Cl)nnc2c1. The number of halogens is 3. The minimum Gasteiger partial charge on any atom is -0.348 e. The van der Waals surface area contributed by atoms with Crippen molar-refractivity contribution in [1.29, 1.82) is 0 Å². The molecule has 4 aromatic rings. The van der Waals surface area contributed by atoms with E-state index in [1.54, 1.807) is 28.8 Å². The van der Waals surface area contributed by atoms with Gasteiger partial charge in [0.2, 0.25) is 0 Å². The Morgan fingerprint density at radius 3 is 2.68 bits per heavy atom. The summed E-state index contributed by atoms with van der Waals surface area (Å²) in [5.74, 6) is -1.23. The zero-order valence-corrected chi connectivity index (χ0v) is 15.1. The third kappa shape index (κ3) is 3.44. The van der Waals surface area contributed by atoms with Crippen LogP contribution in [-0.4, -0.2) is 20.5 Å². The number of nitrogens with one attached hydrogen (secondary N) is 1. The molecule has 0 saturated carbocycles. The first-order valence-electron chi connectivity index (χ1n) is 8.35. The van der Waals surface area contributed by atoms with Crippen LogP contribution in [0, 0.1) is 11.6 Å². The van der Waals surface area contributed by atoms with Crippen LogP contribution in [0.4, 0.5) is 8.78 Å². The Kier molecular flexibility index (Phi) is 4.75. The fourth-order valence-corrected chi connectivity index (χ4v) is 3.02. The maximum atomic E-state index is 13.7. The van der Waals surface area contributed by atoms with Crippen molar-refractivity contribution in [3.05, 3.63) is 88.6 Å². The number of hydrogen-bond donors (Lipinski definition) is 1. The van der Waals surface area contributed by atoms with E-state index in [0.717, 1.165) is 17.7 Å². The second-order valence-corrected chi connectivity index (χ2v) is 6.47. The average molecular weight is 399 g/mol. The molecule has 2 aromatic carbocycles. The van der Waals surface area contributed by atoms with Crippen molar-refractivity contribution in [3.63, 3.8) is 0 Å². The van der Waals surface area contributed by atoms with E-state index < -0.39 is 17.5 Å². The number of benzene rings is 2. The molecule has 4 rings (SSSR count). The van der Waals surface area contributed by atoms with E-state index in [0.29, 0.717) is 22.1 Å². The fourth-order valence-electron chi connectivity index (χ4n) is 2.80. The van der Waals surface area contributed by atoms with Gasteiger partial charge >= 0.3 is 0 Å². The van der Waals surface area contributed by atoms with Gasteiger partial charge in [0.25, 0.3) is 5.91 Å². The van der Waals surface area contributed by atoms with Crippen LogP contribution < -0.4 is 5.32 Å². The number of pyridine rings is 1. The van der Waals surface area contributed by atoms with Crippen molar-refractivity contribution in [3.8, 4) is 11.4 Å². The molecule has 0 aliphatic rings. The molecule has 140 valence electrons. The zero-order chi connectivity index (χ0) is 19.7. The van der Waals surface area contributed by atoms with Crippen LogP contribution in [-0.2, 0) is 6.54 Å². The number of aromatic nitrogens is 3. The fraction of sp³-hybridized carbons (Fsp3) is 0.0500. The molecule has 0 saturated heterocycles. The maximum absolute atomic E-state index is 13.7. The van der Waals surface area contributed by atoms with Gasteiger partial charge in [0.1, 0.15) is 11.6 Å². The summed E-state index contributed by atoms with van der Waals surface area (Å²) in [6.45, 7) is -0.0618. The summed E-state index contributed by atoms with van der Waals surface area (Å²) in [5.41, 5.74) is 1.73. The van der Waals surface area contributed by atoms with Gasteiger partial charge in [-0.3, -0.25) is 9.20 Å². The molecule has 0 radical (unpaired) electrons. The highest BCUT2D eigenvalue weighted by molar-refractivity contribution is 6.33. The summed E-state index contributed by atoms with van der Waals surface area (Å²) < 4.78 is 28.4. The first kappa shape index (κ1) is 18.1. The molecule has 2 heterocycles. The van der Waals surface area contributed by atoms with Gasteiger partial charge in [0, 0.05) is 35.5 Å². The Bertz CT molecular complexity index is 1190. The Hall–Kier alpha value is -3.32. The van der Waals surface area contributed by atoms with Crippen LogP contribution in [0.1, 0.15) is 15.9 Å². The first-order valence-corrected chi connectivity index (χ1v) is 8.72. The van der Waals surface area contributed by atoms with E-state index in [1.165, 1.54) is 6.07 Å². The normalized spacial score (nSPS) is 11.0. The van der Waals surface area contributed by atoms with E-state index in [9.17, 15) is 13.6 Å². The molecule has 2 aromatic heterocycles. The Labute approximate surface area is 163 Å². The van der Waals surface area contributed by atoms with Gasteiger partial charge < -0.3 is 5.32 Å². The predicted octanol–water partition coefficient (Wildman–Crippen LogP) is 4.26. The first-order chi connectivity index (χ1) is 13.5. The van der Waals surface area contributed by atoms with Crippen molar-refractivity contribution in [2.45, 2.75) is 6.54 Å². The zero-order valence-electron chi connectivity index (χ0n) is 14.4. The third-order valence-corrected chi connectivity index (χ3v) is 4.57. The number of hydrogen-bond acceptors (Lipinski definition) is 3. The molecular formula is C20H13ClF2N4O. The lowest BCUT2D eigenvalue weighted by Crippen LogP contribution is -2.23. The van der Waals surface area contributed by atoms with Crippen molar-refractivity contribution >= 4 is 23.2 Å². The standard InChI is InChI=1S/C20H13ClF2N4O/c21-16-4-2-1-3-15(16)19-26-25-18-9-12(7-8-27(18)19)20(28)24-11-13-5-6-14(22)10-17(13)23/h1-10H,11H2,(H,24,28). The lowest BCUT2D eigenvalue weighted by Gasteiger charge is -2.07. The molecule has 5 nitrogen and oxygen atoms in total. The quantitative estimate of drug-likeness (QED) is 0.559. The Balaban J connectivity index is 1.56. The van der Waals surface area contributed by atoms with Crippen LogP contribution in [0.15, 0.2) is 60.8 Å². The van der Waals surface area contributed by atoms with Gasteiger partial charge in [-0.25, -0.2) is 8.78 Å². The number of carbonyl (C=O) groups excluding carboxylic acids is 1. The second kappa shape index (κ2) is 7.36. The van der Waals surface area contributed by atoms with Gasteiger partial charge in [-0.2, -0.15) is 0 Å². The minimum atomic E-state index is -0.711. The van der Waals surface area contributed by atoms with Crippen LogP contribution in [0.25, 0.3) is 17.0 Å². The smallest absolute Gasteiger partial charge is 0.251 e. The number of fused-ring (bicyclic) bond motifs is 1. The molecule has 0 aliphatic carbocycles. The molecule has 8 heteroatoms.